The molecule has 0 radical (unpaired) electrons. The van der Waals surface area contributed by atoms with E-state index in [2.05, 4.69) is 26.3 Å². The third-order valence-corrected chi connectivity index (χ3v) is 5.26. The van der Waals surface area contributed by atoms with E-state index >= 15 is 0 Å². The van der Waals surface area contributed by atoms with Crippen LogP contribution in [0.25, 0.3) is 11.6 Å². The number of fused-ring (bicyclic) bond motifs is 1. The Hall–Kier alpha value is -4.85. The van der Waals surface area contributed by atoms with Gasteiger partial charge in [-0.1, -0.05) is 24.3 Å². The van der Waals surface area contributed by atoms with E-state index in [1.54, 1.807) is 36.5 Å². The highest BCUT2D eigenvalue weighted by Crippen LogP contribution is 2.35. The van der Waals surface area contributed by atoms with E-state index < -0.39 is 11.8 Å². The largest absolute Gasteiger partial charge is 0.362 e. The summed E-state index contributed by atoms with van der Waals surface area (Å²) in [5.74, 6) is -0.670. The molecule has 3 aromatic carbocycles. The topological polar surface area (TPSA) is 98.1 Å². The van der Waals surface area contributed by atoms with Crippen molar-refractivity contribution in [2.75, 3.05) is 21.3 Å². The molecule has 0 bridgehead atoms. The van der Waals surface area contributed by atoms with Gasteiger partial charge in [-0.3, -0.25) is 4.79 Å². The van der Waals surface area contributed by atoms with Crippen LogP contribution in [0.3, 0.4) is 0 Å². The van der Waals surface area contributed by atoms with Gasteiger partial charge in [0.2, 0.25) is 0 Å². The lowest BCUT2D eigenvalue weighted by atomic mass is 10.1. The van der Waals surface area contributed by atoms with Crippen LogP contribution in [0.15, 0.2) is 85.1 Å². The zero-order valence-electron chi connectivity index (χ0n) is 17.9. The number of amides is 3. The van der Waals surface area contributed by atoms with E-state index in [9.17, 15) is 14.0 Å². The molecule has 0 atom stereocenters. The maximum atomic E-state index is 13.7. The van der Waals surface area contributed by atoms with Crippen LogP contribution in [-0.2, 0) is 4.79 Å². The predicted molar refractivity (Wildman–Crippen MR) is 133 cm³/mol. The number of benzene rings is 3. The average molecular weight is 453 g/mol. The van der Waals surface area contributed by atoms with Crippen molar-refractivity contribution in [2.45, 2.75) is 0 Å². The van der Waals surface area contributed by atoms with Gasteiger partial charge < -0.3 is 26.3 Å². The Balaban J connectivity index is 1.29. The van der Waals surface area contributed by atoms with E-state index in [1.807, 2.05) is 42.5 Å². The minimum atomic E-state index is -0.552. The van der Waals surface area contributed by atoms with Gasteiger partial charge in [-0.15, -0.1) is 0 Å². The lowest BCUT2D eigenvalue weighted by Gasteiger charge is -2.11. The van der Waals surface area contributed by atoms with Gasteiger partial charge in [0, 0.05) is 34.5 Å². The summed E-state index contributed by atoms with van der Waals surface area (Å²) in [6.07, 6.45) is 3.62. The number of nitrogens with one attached hydrogen (secondary N) is 5. The van der Waals surface area contributed by atoms with Crippen LogP contribution in [-0.4, -0.2) is 16.9 Å². The first-order valence-electron chi connectivity index (χ1n) is 10.6. The molecule has 0 aliphatic carbocycles. The Labute approximate surface area is 194 Å². The number of para-hydroxylation sites is 1. The van der Waals surface area contributed by atoms with Gasteiger partial charge in [0.25, 0.3) is 5.91 Å². The van der Waals surface area contributed by atoms with E-state index in [1.165, 1.54) is 12.1 Å². The number of carbonyl (C=O) groups is 2. The molecule has 5 N–H and O–H groups in total. The van der Waals surface area contributed by atoms with Gasteiger partial charge in [0.15, 0.2) is 0 Å². The monoisotopic (exact) mass is 453 g/mol. The van der Waals surface area contributed by atoms with Gasteiger partial charge in [-0.05, 0) is 60.7 Å². The second-order valence-corrected chi connectivity index (χ2v) is 7.66. The van der Waals surface area contributed by atoms with E-state index in [-0.39, 0.29) is 11.6 Å². The first-order valence-corrected chi connectivity index (χ1v) is 10.6. The van der Waals surface area contributed by atoms with Crippen molar-refractivity contribution >= 4 is 52.0 Å². The second-order valence-electron chi connectivity index (χ2n) is 7.66. The number of aromatic nitrogens is 1. The van der Waals surface area contributed by atoms with Gasteiger partial charge >= 0.3 is 6.03 Å². The minimum absolute atomic E-state index is 0.0964. The zero-order chi connectivity index (χ0) is 23.5. The van der Waals surface area contributed by atoms with Crippen molar-refractivity contribution < 1.29 is 14.0 Å². The molecule has 0 spiro atoms. The fourth-order valence-electron chi connectivity index (χ4n) is 3.69. The highest BCUT2D eigenvalue weighted by molar-refractivity contribution is 6.35. The molecule has 8 heteroatoms. The third kappa shape index (κ3) is 4.51. The van der Waals surface area contributed by atoms with Crippen LogP contribution in [0.1, 0.15) is 11.3 Å². The first-order chi connectivity index (χ1) is 16.5. The normalized spacial score (nSPS) is 13.3. The number of hydrogen-bond acceptors (Lipinski definition) is 3. The summed E-state index contributed by atoms with van der Waals surface area (Å²) < 4.78 is 13.7. The van der Waals surface area contributed by atoms with Crippen molar-refractivity contribution in [2.24, 2.45) is 0 Å². The number of H-pyrrole nitrogens is 1. The molecular formula is C26H20FN5O2. The van der Waals surface area contributed by atoms with Crippen LogP contribution in [0.2, 0.25) is 0 Å². The van der Waals surface area contributed by atoms with Crippen LogP contribution in [0.5, 0.6) is 0 Å². The number of halogens is 1. The Morgan fingerprint density at radius 1 is 0.853 bits per heavy atom. The average Bonchev–Trinajstić information content (AvgIpc) is 3.43. The molecule has 0 unspecified atom stereocenters. The summed E-state index contributed by atoms with van der Waals surface area (Å²) in [7, 11) is 0. The molecule has 4 aromatic rings. The molecule has 0 saturated carbocycles. The molecule has 0 fully saturated rings. The Bertz CT molecular complexity index is 1410. The van der Waals surface area contributed by atoms with Crippen molar-refractivity contribution in [3.05, 3.63) is 102 Å². The summed E-state index contributed by atoms with van der Waals surface area (Å²) in [6, 6.07) is 21.9. The summed E-state index contributed by atoms with van der Waals surface area (Å²) >= 11 is 0. The molecule has 2 heterocycles. The van der Waals surface area contributed by atoms with Crippen molar-refractivity contribution in [1.29, 1.82) is 0 Å². The van der Waals surface area contributed by atoms with Crippen molar-refractivity contribution in [3.63, 3.8) is 0 Å². The highest BCUT2D eigenvalue weighted by atomic mass is 19.1. The lowest BCUT2D eigenvalue weighted by molar-refractivity contribution is -0.110. The molecule has 3 amide bonds. The second kappa shape index (κ2) is 8.95. The van der Waals surface area contributed by atoms with Crippen molar-refractivity contribution in [3.8, 4) is 0 Å². The van der Waals surface area contributed by atoms with Crippen LogP contribution >= 0.6 is 0 Å². The molecule has 5 rings (SSSR count). The zero-order valence-corrected chi connectivity index (χ0v) is 17.9. The summed E-state index contributed by atoms with van der Waals surface area (Å²) in [6.45, 7) is 0. The molecule has 0 saturated heterocycles. The standard InChI is InChI=1S/C26H20FN5O2/c27-22-8-1-2-9-23(22)32-26(34)30-18-6-3-5-17(13-18)29-19-10-11-20-21(14-16-7-4-12-28-16)25(33)31-24(20)15-19/h1-15,28-29H,(H,31,33)(H2,30,32,34). The van der Waals surface area contributed by atoms with Crippen LogP contribution in [0.4, 0.5) is 37.6 Å². The van der Waals surface area contributed by atoms with E-state index in [0.29, 0.717) is 16.9 Å². The van der Waals surface area contributed by atoms with Crippen LogP contribution in [0, 0.1) is 5.82 Å². The fourth-order valence-corrected chi connectivity index (χ4v) is 3.69. The maximum absolute atomic E-state index is 13.7. The number of urea groups is 1. The molecule has 1 aromatic heterocycles. The number of anilines is 5. The number of aromatic amines is 1. The van der Waals surface area contributed by atoms with Gasteiger partial charge in [-0.25, -0.2) is 9.18 Å². The molecule has 7 nitrogen and oxygen atoms in total. The van der Waals surface area contributed by atoms with E-state index in [0.717, 1.165) is 22.6 Å². The molecule has 1 aliphatic heterocycles. The fraction of sp³-hybridized carbons (Fsp3) is 0. The summed E-state index contributed by atoms with van der Waals surface area (Å²) in [5.41, 5.74) is 5.11. The third-order valence-electron chi connectivity index (χ3n) is 5.26. The number of hydrogen-bond donors (Lipinski definition) is 5. The Kier molecular flexibility index (Phi) is 5.53. The summed E-state index contributed by atoms with van der Waals surface area (Å²) in [5, 5.41) is 11.3. The first kappa shape index (κ1) is 21.0. The molecule has 1 aliphatic rings. The van der Waals surface area contributed by atoms with Gasteiger partial charge in [0.1, 0.15) is 5.82 Å². The highest BCUT2D eigenvalue weighted by Gasteiger charge is 2.24. The van der Waals surface area contributed by atoms with Crippen molar-refractivity contribution in [1.82, 2.24) is 4.98 Å². The molecular weight excluding hydrogens is 433 g/mol. The van der Waals surface area contributed by atoms with Gasteiger partial charge in [-0.2, -0.15) is 0 Å². The maximum Gasteiger partial charge on any atom is 0.323 e. The van der Waals surface area contributed by atoms with Gasteiger partial charge in [0.05, 0.1) is 16.9 Å². The Morgan fingerprint density at radius 2 is 1.68 bits per heavy atom. The minimum Gasteiger partial charge on any atom is -0.362 e. The van der Waals surface area contributed by atoms with Crippen LogP contribution < -0.4 is 21.3 Å². The SMILES string of the molecule is O=C(Nc1cccc(Nc2ccc3c(c2)NC(=O)C3=Cc2ccc[nH]2)c1)Nc1ccccc1F. The van der Waals surface area contributed by atoms with E-state index in [4.69, 9.17) is 0 Å². The predicted octanol–water partition coefficient (Wildman–Crippen LogP) is 6.03. The molecule has 34 heavy (non-hydrogen) atoms. The quantitative estimate of drug-likeness (QED) is 0.239. The smallest absolute Gasteiger partial charge is 0.323 e. The Morgan fingerprint density at radius 3 is 2.50 bits per heavy atom. The number of carbonyl (C=O) groups excluding carboxylic acids is 2. The number of rotatable bonds is 5. The lowest BCUT2D eigenvalue weighted by Crippen LogP contribution is -2.20. The molecule has 168 valence electrons. The summed E-state index contributed by atoms with van der Waals surface area (Å²) in [4.78, 5) is 27.8.